The SMILES string of the molecule is COCCN(Cc1ccc(C(=N)N)cc1C)C(C)COC. The summed E-state index contributed by atoms with van der Waals surface area (Å²) in [5.74, 6) is 0.105. The minimum Gasteiger partial charge on any atom is -0.384 e. The zero-order valence-electron chi connectivity index (χ0n) is 13.5. The largest absolute Gasteiger partial charge is 0.384 e. The van der Waals surface area contributed by atoms with Crippen molar-refractivity contribution in [1.82, 2.24) is 4.90 Å². The minimum atomic E-state index is 0.105. The first-order chi connectivity index (χ1) is 9.99. The van der Waals surface area contributed by atoms with Crippen LogP contribution < -0.4 is 5.73 Å². The van der Waals surface area contributed by atoms with Crippen molar-refractivity contribution in [1.29, 1.82) is 5.41 Å². The number of benzene rings is 1. The minimum absolute atomic E-state index is 0.105. The van der Waals surface area contributed by atoms with Gasteiger partial charge in [-0.15, -0.1) is 0 Å². The van der Waals surface area contributed by atoms with Crippen LogP contribution in [0.4, 0.5) is 0 Å². The van der Waals surface area contributed by atoms with Crippen LogP contribution in [0.3, 0.4) is 0 Å². The second kappa shape index (κ2) is 8.77. The maximum atomic E-state index is 7.49. The van der Waals surface area contributed by atoms with Crippen LogP contribution in [0.5, 0.6) is 0 Å². The fourth-order valence-corrected chi connectivity index (χ4v) is 2.27. The lowest BCUT2D eigenvalue weighted by Crippen LogP contribution is -2.38. The number of rotatable bonds is 9. The molecule has 0 saturated carbocycles. The normalized spacial score (nSPS) is 12.6. The summed E-state index contributed by atoms with van der Waals surface area (Å²) in [5.41, 5.74) is 8.68. The average Bonchev–Trinajstić information content (AvgIpc) is 2.44. The second-order valence-electron chi connectivity index (χ2n) is 5.32. The van der Waals surface area contributed by atoms with Crippen molar-refractivity contribution in [3.05, 3.63) is 34.9 Å². The van der Waals surface area contributed by atoms with Gasteiger partial charge in [0.05, 0.1) is 13.2 Å². The van der Waals surface area contributed by atoms with E-state index in [4.69, 9.17) is 20.6 Å². The van der Waals surface area contributed by atoms with Crippen LogP contribution in [-0.2, 0) is 16.0 Å². The molecule has 0 aliphatic heterocycles. The lowest BCUT2D eigenvalue weighted by atomic mass is 10.0. The number of methoxy groups -OCH3 is 2. The Balaban J connectivity index is 2.84. The topological polar surface area (TPSA) is 71.6 Å². The van der Waals surface area contributed by atoms with Crippen LogP contribution in [-0.4, -0.2) is 50.8 Å². The molecular weight excluding hydrogens is 266 g/mol. The highest BCUT2D eigenvalue weighted by molar-refractivity contribution is 5.95. The van der Waals surface area contributed by atoms with Crippen molar-refractivity contribution in [3.8, 4) is 0 Å². The number of nitrogen functional groups attached to an aromatic ring is 1. The van der Waals surface area contributed by atoms with E-state index in [9.17, 15) is 0 Å². The van der Waals surface area contributed by atoms with Gasteiger partial charge in [-0.25, -0.2) is 0 Å². The Bertz CT molecular complexity index is 463. The predicted octanol–water partition coefficient (Wildman–Crippen LogP) is 1.76. The standard InChI is InChI=1S/C16H27N3O2/c1-12-9-14(16(17)18)5-6-15(12)10-19(7-8-20-3)13(2)11-21-4/h5-6,9,13H,7-8,10-11H2,1-4H3,(H3,17,18). The van der Waals surface area contributed by atoms with Gasteiger partial charge in [0.2, 0.25) is 0 Å². The molecule has 0 radical (unpaired) electrons. The van der Waals surface area contributed by atoms with Crippen LogP contribution in [0.15, 0.2) is 18.2 Å². The lowest BCUT2D eigenvalue weighted by Gasteiger charge is -2.29. The molecule has 1 aromatic carbocycles. The van der Waals surface area contributed by atoms with Gasteiger partial charge in [0.1, 0.15) is 5.84 Å². The molecule has 0 aliphatic carbocycles. The molecule has 3 N–H and O–H groups in total. The molecule has 5 nitrogen and oxygen atoms in total. The lowest BCUT2D eigenvalue weighted by molar-refractivity contribution is 0.0704. The summed E-state index contributed by atoms with van der Waals surface area (Å²) in [6.07, 6.45) is 0. The number of aryl methyl sites for hydroxylation is 1. The second-order valence-corrected chi connectivity index (χ2v) is 5.32. The summed E-state index contributed by atoms with van der Waals surface area (Å²) >= 11 is 0. The first-order valence-electron chi connectivity index (χ1n) is 7.15. The quantitative estimate of drug-likeness (QED) is 0.537. The van der Waals surface area contributed by atoms with Crippen molar-refractivity contribution >= 4 is 5.84 Å². The number of hydrogen-bond donors (Lipinski definition) is 2. The Morgan fingerprint density at radius 3 is 2.57 bits per heavy atom. The van der Waals surface area contributed by atoms with Gasteiger partial charge in [0, 0.05) is 38.9 Å². The van der Waals surface area contributed by atoms with Crippen molar-refractivity contribution in [2.24, 2.45) is 5.73 Å². The van der Waals surface area contributed by atoms with E-state index in [1.807, 2.05) is 18.2 Å². The van der Waals surface area contributed by atoms with Gasteiger partial charge in [-0.05, 0) is 31.0 Å². The molecule has 21 heavy (non-hydrogen) atoms. The van der Waals surface area contributed by atoms with Crippen LogP contribution in [0, 0.1) is 12.3 Å². The Hall–Kier alpha value is -1.43. The van der Waals surface area contributed by atoms with Crippen LogP contribution in [0.25, 0.3) is 0 Å². The third-order valence-corrected chi connectivity index (χ3v) is 3.64. The zero-order chi connectivity index (χ0) is 15.8. The molecular formula is C16H27N3O2. The molecule has 1 aromatic rings. The number of amidine groups is 1. The molecule has 0 fully saturated rings. The number of nitrogens with zero attached hydrogens (tertiary/aromatic N) is 1. The summed E-state index contributed by atoms with van der Waals surface area (Å²) in [6, 6.07) is 6.23. The molecule has 0 bridgehead atoms. The van der Waals surface area contributed by atoms with E-state index in [1.165, 1.54) is 5.56 Å². The summed E-state index contributed by atoms with van der Waals surface area (Å²) in [7, 11) is 3.43. The molecule has 0 aromatic heterocycles. The van der Waals surface area contributed by atoms with Crippen molar-refractivity contribution < 1.29 is 9.47 Å². The highest BCUT2D eigenvalue weighted by Gasteiger charge is 2.15. The molecule has 0 aliphatic rings. The van der Waals surface area contributed by atoms with E-state index in [1.54, 1.807) is 14.2 Å². The number of ether oxygens (including phenoxy) is 2. The molecule has 0 amide bonds. The summed E-state index contributed by atoms with van der Waals surface area (Å²) in [4.78, 5) is 2.34. The van der Waals surface area contributed by atoms with Crippen molar-refractivity contribution in [2.75, 3.05) is 34.0 Å². The van der Waals surface area contributed by atoms with Gasteiger partial charge in [-0.3, -0.25) is 10.3 Å². The molecule has 1 rings (SSSR count). The smallest absolute Gasteiger partial charge is 0.122 e. The molecule has 1 unspecified atom stereocenters. The predicted molar refractivity (Wildman–Crippen MR) is 85.8 cm³/mol. The fraction of sp³-hybridized carbons (Fsp3) is 0.562. The summed E-state index contributed by atoms with van der Waals surface area (Å²) in [6.45, 7) is 7.27. The molecule has 5 heteroatoms. The summed E-state index contributed by atoms with van der Waals surface area (Å²) < 4.78 is 10.4. The van der Waals surface area contributed by atoms with Crippen LogP contribution in [0.2, 0.25) is 0 Å². The van der Waals surface area contributed by atoms with E-state index in [0.717, 1.165) is 24.2 Å². The monoisotopic (exact) mass is 293 g/mol. The van der Waals surface area contributed by atoms with E-state index in [0.29, 0.717) is 19.3 Å². The van der Waals surface area contributed by atoms with Crippen molar-refractivity contribution in [3.63, 3.8) is 0 Å². The Morgan fingerprint density at radius 1 is 1.33 bits per heavy atom. The fourth-order valence-electron chi connectivity index (χ4n) is 2.27. The van der Waals surface area contributed by atoms with E-state index >= 15 is 0 Å². The van der Waals surface area contributed by atoms with Crippen LogP contribution in [0.1, 0.15) is 23.6 Å². The number of nitrogens with two attached hydrogens (primary N) is 1. The van der Waals surface area contributed by atoms with Gasteiger partial charge in [-0.2, -0.15) is 0 Å². The average molecular weight is 293 g/mol. The van der Waals surface area contributed by atoms with E-state index < -0.39 is 0 Å². The van der Waals surface area contributed by atoms with Gasteiger partial charge >= 0.3 is 0 Å². The van der Waals surface area contributed by atoms with E-state index in [-0.39, 0.29) is 5.84 Å². The molecule has 0 saturated heterocycles. The Kier molecular flexibility index (Phi) is 7.36. The maximum absolute atomic E-state index is 7.49. The van der Waals surface area contributed by atoms with Gasteiger partial charge < -0.3 is 15.2 Å². The van der Waals surface area contributed by atoms with Crippen LogP contribution >= 0.6 is 0 Å². The molecule has 0 spiro atoms. The third kappa shape index (κ3) is 5.46. The third-order valence-electron chi connectivity index (χ3n) is 3.64. The van der Waals surface area contributed by atoms with Gasteiger partial charge in [0.25, 0.3) is 0 Å². The Morgan fingerprint density at radius 2 is 2.05 bits per heavy atom. The highest BCUT2D eigenvalue weighted by Crippen LogP contribution is 2.15. The highest BCUT2D eigenvalue weighted by atomic mass is 16.5. The molecule has 0 heterocycles. The maximum Gasteiger partial charge on any atom is 0.122 e. The summed E-state index contributed by atoms with van der Waals surface area (Å²) in [5, 5.41) is 7.49. The first kappa shape index (κ1) is 17.6. The van der Waals surface area contributed by atoms with Gasteiger partial charge in [-0.1, -0.05) is 12.1 Å². The van der Waals surface area contributed by atoms with Crippen molar-refractivity contribution in [2.45, 2.75) is 26.4 Å². The number of nitrogens with one attached hydrogen (secondary N) is 1. The number of hydrogen-bond acceptors (Lipinski definition) is 4. The first-order valence-corrected chi connectivity index (χ1v) is 7.15. The zero-order valence-corrected chi connectivity index (χ0v) is 13.5. The van der Waals surface area contributed by atoms with E-state index in [2.05, 4.69) is 18.7 Å². The molecule has 1 atom stereocenters. The van der Waals surface area contributed by atoms with Gasteiger partial charge in [0.15, 0.2) is 0 Å². The molecule has 118 valence electrons. The Labute approximate surface area is 127 Å².